The van der Waals surface area contributed by atoms with Crippen molar-refractivity contribution in [1.29, 1.82) is 0 Å². The molecular formula is C17H30N6O3. The van der Waals surface area contributed by atoms with Crippen molar-refractivity contribution >= 4 is 17.3 Å². The first-order valence-corrected chi connectivity index (χ1v) is 8.84. The van der Waals surface area contributed by atoms with Gasteiger partial charge >= 0.3 is 5.69 Å². The second-order valence-electron chi connectivity index (χ2n) is 8.32. The third-order valence-corrected chi connectivity index (χ3v) is 4.34. The van der Waals surface area contributed by atoms with Crippen molar-refractivity contribution in [2.24, 2.45) is 0 Å². The molecule has 1 aliphatic rings. The third-order valence-electron chi connectivity index (χ3n) is 4.34. The van der Waals surface area contributed by atoms with Gasteiger partial charge in [-0.2, -0.15) is 0 Å². The Bertz CT molecular complexity index is 633. The zero-order valence-electron chi connectivity index (χ0n) is 16.4. The van der Waals surface area contributed by atoms with Gasteiger partial charge in [0.1, 0.15) is 6.33 Å². The summed E-state index contributed by atoms with van der Waals surface area (Å²) in [5.74, 6) is 0.445. The number of ether oxygens (including phenoxy) is 1. The van der Waals surface area contributed by atoms with Crippen LogP contribution in [-0.4, -0.2) is 51.8 Å². The molecule has 2 rings (SSSR count). The number of piperidine rings is 1. The first-order valence-electron chi connectivity index (χ1n) is 8.84. The fourth-order valence-corrected chi connectivity index (χ4v) is 3.91. The van der Waals surface area contributed by atoms with Gasteiger partial charge in [0, 0.05) is 30.3 Å². The number of hydrogen-bond donors (Lipinski definition) is 3. The highest BCUT2D eigenvalue weighted by Gasteiger charge is 2.38. The minimum absolute atomic E-state index is 0.0686. The van der Waals surface area contributed by atoms with E-state index in [1.807, 2.05) is 6.92 Å². The van der Waals surface area contributed by atoms with Crippen LogP contribution in [0, 0.1) is 10.1 Å². The molecular weight excluding hydrogens is 336 g/mol. The topological polar surface area (TPSA) is 114 Å². The predicted molar refractivity (Wildman–Crippen MR) is 102 cm³/mol. The van der Waals surface area contributed by atoms with Gasteiger partial charge in [0.2, 0.25) is 11.6 Å². The first-order chi connectivity index (χ1) is 12.0. The van der Waals surface area contributed by atoms with Gasteiger partial charge in [-0.3, -0.25) is 10.1 Å². The van der Waals surface area contributed by atoms with Crippen molar-refractivity contribution in [3.63, 3.8) is 0 Å². The summed E-state index contributed by atoms with van der Waals surface area (Å²) in [6.07, 6.45) is 3.01. The molecule has 3 N–H and O–H groups in total. The molecule has 2 heterocycles. The fraction of sp³-hybridized carbons (Fsp3) is 0.765. The summed E-state index contributed by atoms with van der Waals surface area (Å²) in [7, 11) is 1.58. The molecule has 0 saturated carbocycles. The summed E-state index contributed by atoms with van der Waals surface area (Å²) in [5, 5.41) is 21.6. The van der Waals surface area contributed by atoms with Crippen LogP contribution in [0.5, 0.6) is 0 Å². The summed E-state index contributed by atoms with van der Waals surface area (Å²) in [4.78, 5) is 19.4. The molecule has 0 spiro atoms. The number of rotatable bonds is 7. The summed E-state index contributed by atoms with van der Waals surface area (Å²) >= 11 is 0. The molecule has 1 saturated heterocycles. The Kier molecular flexibility index (Phi) is 6.02. The second kappa shape index (κ2) is 7.71. The molecule has 1 aromatic heterocycles. The zero-order chi connectivity index (χ0) is 19.5. The molecule has 0 bridgehead atoms. The highest BCUT2D eigenvalue weighted by Crippen LogP contribution is 2.34. The molecule has 1 atom stereocenters. The van der Waals surface area contributed by atoms with E-state index in [1.54, 1.807) is 7.11 Å². The van der Waals surface area contributed by atoms with Gasteiger partial charge in [-0.25, -0.2) is 9.97 Å². The maximum absolute atomic E-state index is 11.7. The Hall–Kier alpha value is -2.00. The van der Waals surface area contributed by atoms with E-state index in [0.717, 1.165) is 12.8 Å². The molecule has 146 valence electrons. The van der Waals surface area contributed by atoms with Gasteiger partial charge in [0.15, 0.2) is 0 Å². The number of hydrogen-bond acceptors (Lipinski definition) is 8. The maximum atomic E-state index is 11.7. The normalized spacial score (nSPS) is 20.4. The Labute approximate surface area is 154 Å². The Morgan fingerprint density at radius 3 is 2.42 bits per heavy atom. The van der Waals surface area contributed by atoms with Crippen LogP contribution in [0.15, 0.2) is 6.33 Å². The molecule has 9 nitrogen and oxygen atoms in total. The van der Waals surface area contributed by atoms with Crippen molar-refractivity contribution in [1.82, 2.24) is 15.3 Å². The van der Waals surface area contributed by atoms with Crippen LogP contribution in [-0.2, 0) is 4.74 Å². The molecule has 9 heteroatoms. The molecule has 0 radical (unpaired) electrons. The van der Waals surface area contributed by atoms with Crippen LogP contribution < -0.4 is 16.0 Å². The SMILES string of the molecule is COCC(C)Nc1ncnc(NC2CC(C)(C)NC(C)(C)C2)c1[N+](=O)[O-]. The van der Waals surface area contributed by atoms with Crippen LogP contribution in [0.25, 0.3) is 0 Å². The molecule has 1 fully saturated rings. The fourth-order valence-electron chi connectivity index (χ4n) is 3.91. The lowest BCUT2D eigenvalue weighted by Gasteiger charge is -2.46. The lowest BCUT2D eigenvalue weighted by atomic mass is 9.79. The van der Waals surface area contributed by atoms with E-state index in [4.69, 9.17) is 4.74 Å². The number of anilines is 2. The highest BCUT2D eigenvalue weighted by molar-refractivity contribution is 5.69. The number of nitrogens with one attached hydrogen (secondary N) is 3. The van der Waals surface area contributed by atoms with Gasteiger partial charge in [-0.05, 0) is 47.5 Å². The minimum atomic E-state index is -0.443. The summed E-state index contributed by atoms with van der Waals surface area (Å²) in [5.41, 5.74) is -0.283. The van der Waals surface area contributed by atoms with Crippen LogP contribution in [0.4, 0.5) is 17.3 Å². The molecule has 0 amide bonds. The quantitative estimate of drug-likeness (QED) is 0.498. The summed E-state index contributed by atoms with van der Waals surface area (Å²) in [6, 6.07) is -0.0442. The summed E-state index contributed by atoms with van der Waals surface area (Å²) < 4.78 is 5.08. The van der Waals surface area contributed by atoms with E-state index in [0.29, 0.717) is 6.61 Å². The van der Waals surface area contributed by atoms with Gasteiger partial charge in [0.05, 0.1) is 11.5 Å². The second-order valence-corrected chi connectivity index (χ2v) is 8.32. The standard InChI is InChI=1S/C17H30N6O3/c1-11(9-26-6)20-14-13(23(24)25)15(19-10-18-14)21-12-7-16(2,3)22-17(4,5)8-12/h10-12,22H,7-9H2,1-6H3,(H2,18,19,20,21). The van der Waals surface area contributed by atoms with Gasteiger partial charge in [0.25, 0.3) is 0 Å². The van der Waals surface area contributed by atoms with Crippen LogP contribution in [0.2, 0.25) is 0 Å². The van der Waals surface area contributed by atoms with Gasteiger partial charge in [-0.15, -0.1) is 0 Å². The molecule has 1 aromatic rings. The molecule has 26 heavy (non-hydrogen) atoms. The van der Waals surface area contributed by atoms with Gasteiger partial charge < -0.3 is 20.7 Å². The van der Waals surface area contributed by atoms with Crippen molar-refractivity contribution in [2.45, 2.75) is 70.6 Å². The average Bonchev–Trinajstić information content (AvgIpc) is 2.43. The number of nitrogens with zero attached hydrogens (tertiary/aromatic N) is 3. The van der Waals surface area contributed by atoms with Crippen LogP contribution in [0.1, 0.15) is 47.5 Å². The Morgan fingerprint density at radius 2 is 1.88 bits per heavy atom. The average molecular weight is 366 g/mol. The van der Waals surface area contributed by atoms with Crippen LogP contribution >= 0.6 is 0 Å². The molecule has 0 aromatic carbocycles. The monoisotopic (exact) mass is 366 g/mol. The Balaban J connectivity index is 2.27. The lowest BCUT2D eigenvalue weighted by molar-refractivity contribution is -0.383. The van der Waals surface area contributed by atoms with Crippen molar-refractivity contribution in [2.75, 3.05) is 24.4 Å². The van der Waals surface area contributed by atoms with Crippen LogP contribution in [0.3, 0.4) is 0 Å². The van der Waals surface area contributed by atoms with E-state index >= 15 is 0 Å². The number of methoxy groups -OCH3 is 1. The highest BCUT2D eigenvalue weighted by atomic mass is 16.6. The zero-order valence-corrected chi connectivity index (χ0v) is 16.4. The largest absolute Gasteiger partial charge is 0.383 e. The van der Waals surface area contributed by atoms with Crippen molar-refractivity contribution in [3.05, 3.63) is 16.4 Å². The predicted octanol–water partition coefficient (Wildman–Crippen LogP) is 2.55. The van der Waals surface area contributed by atoms with Gasteiger partial charge in [-0.1, -0.05) is 0 Å². The van der Waals surface area contributed by atoms with E-state index in [2.05, 4.69) is 53.6 Å². The van der Waals surface area contributed by atoms with E-state index in [1.165, 1.54) is 6.33 Å². The Morgan fingerprint density at radius 1 is 1.31 bits per heavy atom. The van der Waals surface area contributed by atoms with E-state index in [-0.39, 0.29) is 40.5 Å². The number of aromatic nitrogens is 2. The van der Waals surface area contributed by atoms with E-state index < -0.39 is 4.92 Å². The molecule has 1 aliphatic heterocycles. The lowest BCUT2D eigenvalue weighted by Crippen LogP contribution is -2.60. The minimum Gasteiger partial charge on any atom is -0.383 e. The third kappa shape index (κ3) is 5.25. The van der Waals surface area contributed by atoms with Crippen molar-refractivity contribution < 1.29 is 9.66 Å². The maximum Gasteiger partial charge on any atom is 0.353 e. The van der Waals surface area contributed by atoms with E-state index in [9.17, 15) is 10.1 Å². The van der Waals surface area contributed by atoms with Crippen molar-refractivity contribution in [3.8, 4) is 0 Å². The summed E-state index contributed by atoms with van der Waals surface area (Å²) in [6.45, 7) is 10.8. The molecule has 0 aliphatic carbocycles. The smallest absolute Gasteiger partial charge is 0.353 e. The molecule has 1 unspecified atom stereocenters. The number of nitro groups is 1. The first kappa shape index (κ1) is 20.3.